The molecule has 0 aliphatic carbocycles. The number of halogens is 2. The Kier molecular flexibility index (Phi) is 4.86. The second-order valence-electron chi connectivity index (χ2n) is 7.21. The summed E-state index contributed by atoms with van der Waals surface area (Å²) in [6.07, 6.45) is 6.26. The van der Waals surface area contributed by atoms with E-state index in [4.69, 9.17) is 17.0 Å². The van der Waals surface area contributed by atoms with Gasteiger partial charge in [-0.1, -0.05) is 43.0 Å². The number of fused-ring (bicyclic) bond motifs is 1. The van der Waals surface area contributed by atoms with Crippen molar-refractivity contribution < 1.29 is 4.39 Å². The summed E-state index contributed by atoms with van der Waals surface area (Å²) >= 11 is 5.96. The molecule has 6 heteroatoms. The minimum Gasteiger partial charge on any atom is -0.299 e. The number of nitrogens with one attached hydrogen (secondary N) is 1. The van der Waals surface area contributed by atoms with Crippen LogP contribution in [-0.2, 0) is 0 Å². The van der Waals surface area contributed by atoms with Crippen molar-refractivity contribution in [2.75, 3.05) is 0 Å². The van der Waals surface area contributed by atoms with E-state index in [0.29, 0.717) is 23.0 Å². The van der Waals surface area contributed by atoms with Crippen molar-refractivity contribution in [3.05, 3.63) is 82.9 Å². The standard InChI is InChI=1S/C22H18BClFN3/c1-13(22(26)17-10-16(24)3-4-18(17)25)19-5-6-20-21(28-19)9-15(12-27-20)14-7-8-23(2)11-14/h3-7,9-10,12,26H,1,8,11H2,2H3. The minimum atomic E-state index is -0.511. The van der Waals surface area contributed by atoms with Gasteiger partial charge in [-0.25, -0.2) is 9.37 Å². The molecule has 0 saturated carbocycles. The summed E-state index contributed by atoms with van der Waals surface area (Å²) < 4.78 is 14.1. The minimum absolute atomic E-state index is 0.0386. The van der Waals surface area contributed by atoms with Crippen LogP contribution in [0.4, 0.5) is 4.39 Å². The zero-order valence-corrected chi connectivity index (χ0v) is 16.2. The van der Waals surface area contributed by atoms with Gasteiger partial charge in [-0.2, -0.15) is 0 Å². The fourth-order valence-electron chi connectivity index (χ4n) is 3.45. The number of nitrogens with zero attached hydrogens (tertiary/aromatic N) is 2. The van der Waals surface area contributed by atoms with E-state index in [1.165, 1.54) is 23.8 Å². The van der Waals surface area contributed by atoms with Crippen LogP contribution in [0.25, 0.3) is 22.2 Å². The molecule has 28 heavy (non-hydrogen) atoms. The number of rotatable bonds is 4. The molecule has 1 aliphatic heterocycles. The van der Waals surface area contributed by atoms with Crippen LogP contribution < -0.4 is 0 Å². The fourth-order valence-corrected chi connectivity index (χ4v) is 3.62. The van der Waals surface area contributed by atoms with Crippen LogP contribution in [0.3, 0.4) is 0 Å². The zero-order chi connectivity index (χ0) is 19.8. The number of allylic oxidation sites excluding steroid dienone is 3. The molecule has 0 atom stereocenters. The van der Waals surface area contributed by atoms with Crippen molar-refractivity contribution in [2.45, 2.75) is 19.5 Å². The second kappa shape index (κ2) is 7.32. The van der Waals surface area contributed by atoms with Gasteiger partial charge in [0.1, 0.15) is 12.5 Å². The SMILES string of the molecule is C=C(C(=N)c1cc(Cl)ccc1F)c1ccc2ncc(C3=CCB(C)C3)cc2n1. The number of hydrogen-bond donors (Lipinski definition) is 1. The van der Waals surface area contributed by atoms with Crippen molar-refractivity contribution in [3.8, 4) is 0 Å². The van der Waals surface area contributed by atoms with Crippen LogP contribution in [0.2, 0.25) is 24.5 Å². The predicted octanol–water partition coefficient (Wildman–Crippen LogP) is 6.03. The molecule has 0 amide bonds. The smallest absolute Gasteiger partial charge is 0.145 e. The largest absolute Gasteiger partial charge is 0.299 e. The highest BCUT2D eigenvalue weighted by molar-refractivity contribution is 6.61. The quantitative estimate of drug-likeness (QED) is 0.438. The third-order valence-electron chi connectivity index (χ3n) is 5.05. The molecular formula is C22H18BClFN3. The van der Waals surface area contributed by atoms with Crippen LogP contribution in [0.5, 0.6) is 0 Å². The predicted molar refractivity (Wildman–Crippen MR) is 116 cm³/mol. The first kappa shape index (κ1) is 18.6. The highest BCUT2D eigenvalue weighted by Crippen LogP contribution is 2.30. The molecule has 0 saturated heterocycles. The number of aromatic nitrogens is 2. The van der Waals surface area contributed by atoms with E-state index < -0.39 is 5.82 Å². The summed E-state index contributed by atoms with van der Waals surface area (Å²) in [5.41, 5.74) is 4.79. The van der Waals surface area contributed by atoms with E-state index in [1.54, 1.807) is 6.07 Å². The average molecular weight is 390 g/mol. The van der Waals surface area contributed by atoms with Crippen molar-refractivity contribution in [1.29, 1.82) is 5.41 Å². The Balaban J connectivity index is 1.69. The Bertz CT molecular complexity index is 1160. The summed E-state index contributed by atoms with van der Waals surface area (Å²) in [6, 6.07) is 9.76. The number of hydrogen-bond acceptors (Lipinski definition) is 3. The van der Waals surface area contributed by atoms with Gasteiger partial charge < -0.3 is 0 Å². The molecule has 4 rings (SSSR count). The normalized spacial score (nSPS) is 13.7. The lowest BCUT2D eigenvalue weighted by atomic mass is 9.49. The number of benzene rings is 1. The van der Waals surface area contributed by atoms with Crippen LogP contribution in [-0.4, -0.2) is 22.4 Å². The zero-order valence-electron chi connectivity index (χ0n) is 15.5. The van der Waals surface area contributed by atoms with E-state index in [-0.39, 0.29) is 11.3 Å². The maximum absolute atomic E-state index is 14.1. The molecule has 0 fully saturated rings. The molecule has 138 valence electrons. The molecule has 2 aromatic heterocycles. The fraction of sp³-hybridized carbons (Fsp3) is 0.136. The third kappa shape index (κ3) is 3.50. The average Bonchev–Trinajstić information content (AvgIpc) is 3.14. The summed E-state index contributed by atoms with van der Waals surface area (Å²) in [5.74, 6) is -0.511. The second-order valence-corrected chi connectivity index (χ2v) is 7.65. The topological polar surface area (TPSA) is 49.6 Å². The Morgan fingerprint density at radius 3 is 2.79 bits per heavy atom. The molecule has 3 heterocycles. The molecule has 1 aliphatic rings. The van der Waals surface area contributed by atoms with E-state index in [2.05, 4.69) is 29.4 Å². The molecule has 1 aromatic carbocycles. The van der Waals surface area contributed by atoms with Crippen LogP contribution >= 0.6 is 11.6 Å². The first-order chi connectivity index (χ1) is 13.4. The van der Waals surface area contributed by atoms with E-state index in [1.807, 2.05) is 18.3 Å². The van der Waals surface area contributed by atoms with Crippen LogP contribution in [0.1, 0.15) is 16.8 Å². The highest BCUT2D eigenvalue weighted by Gasteiger charge is 2.18. The van der Waals surface area contributed by atoms with Crippen LogP contribution in [0.15, 0.2) is 55.3 Å². The van der Waals surface area contributed by atoms with Gasteiger partial charge in [-0.3, -0.25) is 10.4 Å². The Labute approximate surface area is 168 Å². The molecule has 0 radical (unpaired) electrons. The van der Waals surface area contributed by atoms with E-state index in [0.717, 1.165) is 29.2 Å². The van der Waals surface area contributed by atoms with Crippen molar-refractivity contribution >= 4 is 46.2 Å². The molecule has 0 bridgehead atoms. The summed E-state index contributed by atoms with van der Waals surface area (Å²) in [5, 5.41) is 8.73. The van der Waals surface area contributed by atoms with Gasteiger partial charge in [0.05, 0.1) is 22.4 Å². The van der Waals surface area contributed by atoms with E-state index >= 15 is 0 Å². The molecular weight excluding hydrogens is 372 g/mol. The maximum Gasteiger partial charge on any atom is 0.145 e. The van der Waals surface area contributed by atoms with Gasteiger partial charge in [-0.05, 0) is 48.3 Å². The lowest BCUT2D eigenvalue weighted by Crippen LogP contribution is -2.06. The monoisotopic (exact) mass is 389 g/mol. The van der Waals surface area contributed by atoms with Crippen molar-refractivity contribution in [1.82, 2.24) is 9.97 Å². The highest BCUT2D eigenvalue weighted by atomic mass is 35.5. The van der Waals surface area contributed by atoms with Gasteiger partial charge in [0.15, 0.2) is 0 Å². The first-order valence-corrected chi connectivity index (χ1v) is 9.50. The first-order valence-electron chi connectivity index (χ1n) is 9.12. The molecule has 1 N–H and O–H groups in total. The van der Waals surface area contributed by atoms with Gasteiger partial charge in [-0.15, -0.1) is 0 Å². The lowest BCUT2D eigenvalue weighted by Gasteiger charge is -2.10. The molecule has 3 aromatic rings. The number of pyridine rings is 2. The summed E-state index contributed by atoms with van der Waals surface area (Å²) in [6.45, 7) is 6.85. The van der Waals surface area contributed by atoms with Crippen LogP contribution in [0, 0.1) is 11.2 Å². The third-order valence-corrected chi connectivity index (χ3v) is 5.29. The molecule has 0 unspecified atom stereocenters. The summed E-state index contributed by atoms with van der Waals surface area (Å²) in [7, 11) is 0. The van der Waals surface area contributed by atoms with Gasteiger partial charge >= 0.3 is 0 Å². The Hall–Kier alpha value is -2.79. The van der Waals surface area contributed by atoms with Gasteiger partial charge in [0.2, 0.25) is 0 Å². The molecule has 0 spiro atoms. The van der Waals surface area contributed by atoms with Gasteiger partial charge in [0, 0.05) is 22.4 Å². The van der Waals surface area contributed by atoms with Crippen molar-refractivity contribution in [2.24, 2.45) is 0 Å². The maximum atomic E-state index is 14.1. The molecule has 3 nitrogen and oxygen atoms in total. The van der Waals surface area contributed by atoms with E-state index in [9.17, 15) is 4.39 Å². The van der Waals surface area contributed by atoms with Crippen molar-refractivity contribution in [3.63, 3.8) is 0 Å². The lowest BCUT2D eigenvalue weighted by molar-refractivity contribution is 0.625. The Morgan fingerprint density at radius 2 is 2.04 bits per heavy atom. The van der Waals surface area contributed by atoms with Gasteiger partial charge in [0.25, 0.3) is 0 Å². The Morgan fingerprint density at radius 1 is 1.21 bits per heavy atom. The summed E-state index contributed by atoms with van der Waals surface area (Å²) in [4.78, 5) is 9.16.